The molecule has 5 heteroatoms. The van der Waals surface area contributed by atoms with Gasteiger partial charge in [-0.3, -0.25) is 9.69 Å². The van der Waals surface area contributed by atoms with Crippen molar-refractivity contribution in [3.05, 3.63) is 35.9 Å². The number of rotatable bonds is 5. The molecule has 0 aromatic heterocycles. The Hall–Kier alpha value is -1.43. The Labute approximate surface area is 138 Å². The van der Waals surface area contributed by atoms with Crippen molar-refractivity contribution in [3.63, 3.8) is 0 Å². The van der Waals surface area contributed by atoms with Crippen LogP contribution in [0.5, 0.6) is 0 Å². The third-order valence-corrected chi connectivity index (χ3v) is 4.73. The lowest BCUT2D eigenvalue weighted by atomic mass is 10.0. The highest BCUT2D eigenvalue weighted by atomic mass is 16.5. The monoisotopic (exact) mass is 317 g/mol. The maximum atomic E-state index is 12.2. The van der Waals surface area contributed by atoms with E-state index in [1.807, 2.05) is 0 Å². The van der Waals surface area contributed by atoms with Crippen LogP contribution in [0, 0.1) is 0 Å². The van der Waals surface area contributed by atoms with Crippen LogP contribution in [0.3, 0.4) is 0 Å². The van der Waals surface area contributed by atoms with Gasteiger partial charge in [0, 0.05) is 25.7 Å². The van der Waals surface area contributed by atoms with Crippen LogP contribution >= 0.6 is 0 Å². The molecule has 3 rings (SSSR count). The Bertz CT molecular complexity index is 488. The zero-order valence-corrected chi connectivity index (χ0v) is 13.7. The molecule has 0 aliphatic carbocycles. The molecule has 23 heavy (non-hydrogen) atoms. The third-order valence-electron chi connectivity index (χ3n) is 4.73. The summed E-state index contributed by atoms with van der Waals surface area (Å²) in [6.45, 7) is 4.72. The Balaban J connectivity index is 1.51. The molecule has 1 amide bonds. The summed E-state index contributed by atoms with van der Waals surface area (Å²) in [6.07, 6.45) is 3.65. The van der Waals surface area contributed by atoms with Crippen LogP contribution in [0.2, 0.25) is 0 Å². The van der Waals surface area contributed by atoms with Crippen molar-refractivity contribution in [1.82, 2.24) is 15.5 Å². The number of benzene rings is 1. The van der Waals surface area contributed by atoms with Gasteiger partial charge in [0.25, 0.3) is 0 Å². The third kappa shape index (κ3) is 4.77. The molecule has 0 bridgehead atoms. The molecule has 2 atom stereocenters. The topological polar surface area (TPSA) is 53.6 Å². The lowest BCUT2D eigenvalue weighted by Gasteiger charge is -2.36. The van der Waals surface area contributed by atoms with Gasteiger partial charge in [-0.15, -0.1) is 0 Å². The van der Waals surface area contributed by atoms with Crippen molar-refractivity contribution >= 4 is 5.91 Å². The van der Waals surface area contributed by atoms with Crippen LogP contribution in [0.15, 0.2) is 30.3 Å². The van der Waals surface area contributed by atoms with E-state index in [0.29, 0.717) is 19.3 Å². The smallest absolute Gasteiger partial charge is 0.239 e. The van der Waals surface area contributed by atoms with Gasteiger partial charge in [0.15, 0.2) is 0 Å². The van der Waals surface area contributed by atoms with E-state index in [0.717, 1.165) is 32.6 Å². The van der Waals surface area contributed by atoms with Gasteiger partial charge in [-0.05, 0) is 24.9 Å². The van der Waals surface area contributed by atoms with E-state index < -0.39 is 0 Å². The first-order valence-corrected chi connectivity index (χ1v) is 8.70. The van der Waals surface area contributed by atoms with Gasteiger partial charge in [-0.1, -0.05) is 36.8 Å². The zero-order chi connectivity index (χ0) is 15.9. The largest absolute Gasteiger partial charge is 0.378 e. The number of hydrogen-bond donors (Lipinski definition) is 2. The van der Waals surface area contributed by atoms with Crippen LogP contribution in [0.25, 0.3) is 0 Å². The van der Waals surface area contributed by atoms with Crippen LogP contribution < -0.4 is 10.6 Å². The maximum Gasteiger partial charge on any atom is 0.239 e. The summed E-state index contributed by atoms with van der Waals surface area (Å²) in [5, 5.41) is 6.32. The number of amides is 1. The van der Waals surface area contributed by atoms with Crippen LogP contribution in [0.1, 0.15) is 24.8 Å². The highest BCUT2D eigenvalue weighted by Crippen LogP contribution is 2.19. The van der Waals surface area contributed by atoms with Gasteiger partial charge in [0.05, 0.1) is 13.2 Å². The fraction of sp³-hybridized carbons (Fsp3) is 0.611. The number of morpholine rings is 1. The Morgan fingerprint density at radius 2 is 2.17 bits per heavy atom. The Kier molecular flexibility index (Phi) is 6.02. The summed E-state index contributed by atoms with van der Waals surface area (Å²) in [6, 6.07) is 10.8. The molecule has 2 unspecified atom stereocenters. The van der Waals surface area contributed by atoms with Crippen molar-refractivity contribution < 1.29 is 9.53 Å². The van der Waals surface area contributed by atoms with Crippen molar-refractivity contribution in [2.45, 2.75) is 37.9 Å². The van der Waals surface area contributed by atoms with E-state index in [1.165, 1.54) is 18.4 Å². The van der Waals surface area contributed by atoms with E-state index in [-0.39, 0.29) is 11.9 Å². The number of carbonyl (C=O) groups excluding carboxylic acids is 1. The summed E-state index contributed by atoms with van der Waals surface area (Å²) in [5.41, 5.74) is 1.34. The second kappa shape index (κ2) is 8.43. The number of hydrogen-bond acceptors (Lipinski definition) is 4. The molecule has 0 saturated carbocycles. The second-order valence-corrected chi connectivity index (χ2v) is 6.43. The van der Waals surface area contributed by atoms with Crippen molar-refractivity contribution in [2.24, 2.45) is 0 Å². The fourth-order valence-corrected chi connectivity index (χ4v) is 3.39. The van der Waals surface area contributed by atoms with Gasteiger partial charge in [-0.25, -0.2) is 0 Å². The molecule has 0 radical (unpaired) electrons. The number of ether oxygens (including phenoxy) is 1. The molecule has 2 N–H and O–H groups in total. The average Bonchev–Trinajstić information content (AvgIpc) is 2.62. The van der Waals surface area contributed by atoms with Crippen LogP contribution in [-0.4, -0.2) is 55.7 Å². The maximum absolute atomic E-state index is 12.2. The van der Waals surface area contributed by atoms with Gasteiger partial charge in [-0.2, -0.15) is 0 Å². The van der Waals surface area contributed by atoms with E-state index in [2.05, 4.69) is 45.9 Å². The minimum absolute atomic E-state index is 0.0648. The van der Waals surface area contributed by atoms with E-state index >= 15 is 0 Å². The van der Waals surface area contributed by atoms with Crippen molar-refractivity contribution in [2.75, 3.05) is 32.8 Å². The molecule has 2 heterocycles. The summed E-state index contributed by atoms with van der Waals surface area (Å²) in [7, 11) is 0. The summed E-state index contributed by atoms with van der Waals surface area (Å²) < 4.78 is 5.36. The minimum atomic E-state index is -0.199. The molecule has 2 aliphatic heterocycles. The molecular formula is C18H27N3O2. The number of carbonyl (C=O) groups is 1. The summed E-state index contributed by atoms with van der Waals surface area (Å²) >= 11 is 0. The van der Waals surface area contributed by atoms with Gasteiger partial charge in [0.2, 0.25) is 5.91 Å². The van der Waals surface area contributed by atoms with Crippen molar-refractivity contribution in [1.29, 1.82) is 0 Å². The average molecular weight is 317 g/mol. The number of piperidine rings is 1. The number of nitrogens with one attached hydrogen (secondary N) is 2. The second-order valence-electron chi connectivity index (χ2n) is 6.43. The molecule has 1 aromatic rings. The predicted molar refractivity (Wildman–Crippen MR) is 90.1 cm³/mol. The van der Waals surface area contributed by atoms with Crippen LogP contribution in [-0.2, 0) is 16.1 Å². The molecular weight excluding hydrogens is 290 g/mol. The van der Waals surface area contributed by atoms with Gasteiger partial charge in [0.1, 0.15) is 6.04 Å². The Morgan fingerprint density at radius 3 is 2.96 bits per heavy atom. The standard InChI is InChI=1S/C18H27N3O2/c22-18(17-14-23-11-9-19-17)20-12-16-8-4-5-10-21(16)13-15-6-2-1-3-7-15/h1-3,6-7,16-17,19H,4-5,8-14H2,(H,20,22). The van der Waals surface area contributed by atoms with Crippen LogP contribution in [0.4, 0.5) is 0 Å². The highest BCUT2D eigenvalue weighted by Gasteiger charge is 2.25. The quantitative estimate of drug-likeness (QED) is 0.855. The molecule has 2 saturated heterocycles. The first-order chi connectivity index (χ1) is 11.3. The molecule has 126 valence electrons. The van der Waals surface area contributed by atoms with E-state index in [1.54, 1.807) is 0 Å². The predicted octanol–water partition coefficient (Wildman–Crippen LogP) is 1.15. The molecule has 2 aliphatic rings. The lowest BCUT2D eigenvalue weighted by molar-refractivity contribution is -0.126. The number of nitrogens with zero attached hydrogens (tertiary/aromatic N) is 1. The van der Waals surface area contributed by atoms with E-state index in [4.69, 9.17) is 4.74 Å². The fourth-order valence-electron chi connectivity index (χ4n) is 3.39. The van der Waals surface area contributed by atoms with Gasteiger partial charge >= 0.3 is 0 Å². The van der Waals surface area contributed by atoms with Crippen molar-refractivity contribution in [3.8, 4) is 0 Å². The highest BCUT2D eigenvalue weighted by molar-refractivity contribution is 5.82. The summed E-state index contributed by atoms with van der Waals surface area (Å²) in [4.78, 5) is 14.7. The molecule has 2 fully saturated rings. The number of likely N-dealkylation sites (tertiary alicyclic amines) is 1. The first-order valence-electron chi connectivity index (χ1n) is 8.70. The van der Waals surface area contributed by atoms with Gasteiger partial charge < -0.3 is 15.4 Å². The zero-order valence-electron chi connectivity index (χ0n) is 13.7. The molecule has 5 nitrogen and oxygen atoms in total. The molecule has 1 aromatic carbocycles. The first kappa shape index (κ1) is 16.4. The SMILES string of the molecule is O=C(NCC1CCCCN1Cc1ccccc1)C1COCCN1. The lowest BCUT2D eigenvalue weighted by Crippen LogP contribution is -2.54. The minimum Gasteiger partial charge on any atom is -0.378 e. The summed E-state index contributed by atoms with van der Waals surface area (Å²) in [5.74, 6) is 0.0648. The normalized spacial score (nSPS) is 25.9. The Morgan fingerprint density at radius 1 is 1.30 bits per heavy atom. The van der Waals surface area contributed by atoms with E-state index in [9.17, 15) is 4.79 Å². The molecule has 0 spiro atoms.